The lowest BCUT2D eigenvalue weighted by atomic mass is 9.85. The summed E-state index contributed by atoms with van der Waals surface area (Å²) in [7, 11) is 1.47. The fourth-order valence-electron chi connectivity index (χ4n) is 2.39. The van der Waals surface area contributed by atoms with E-state index in [0.29, 0.717) is 5.92 Å². The zero-order chi connectivity index (χ0) is 8.55. The van der Waals surface area contributed by atoms with E-state index in [9.17, 15) is 4.79 Å². The SMILES string of the molecule is COC(=O)C1C=CC2CCC1C2. The van der Waals surface area contributed by atoms with Crippen LogP contribution in [-0.4, -0.2) is 13.1 Å². The van der Waals surface area contributed by atoms with E-state index in [2.05, 4.69) is 6.08 Å². The number of esters is 1. The number of rotatable bonds is 1. The molecular formula is C10H14O2. The van der Waals surface area contributed by atoms with E-state index in [0.717, 1.165) is 5.92 Å². The van der Waals surface area contributed by atoms with Crippen LogP contribution in [0.25, 0.3) is 0 Å². The van der Waals surface area contributed by atoms with E-state index in [1.54, 1.807) is 0 Å². The Hall–Kier alpha value is -0.790. The highest BCUT2D eigenvalue weighted by Crippen LogP contribution is 2.41. The lowest BCUT2D eigenvalue weighted by molar-refractivity contribution is -0.145. The number of methoxy groups -OCH3 is 1. The topological polar surface area (TPSA) is 26.3 Å². The summed E-state index contributed by atoms with van der Waals surface area (Å²) in [5.41, 5.74) is 0. The van der Waals surface area contributed by atoms with Gasteiger partial charge in [0.05, 0.1) is 13.0 Å². The molecule has 12 heavy (non-hydrogen) atoms. The summed E-state index contributed by atoms with van der Waals surface area (Å²) in [5, 5.41) is 0. The summed E-state index contributed by atoms with van der Waals surface area (Å²) in [6.07, 6.45) is 7.87. The molecule has 2 bridgehead atoms. The number of carbonyl (C=O) groups is 1. The highest BCUT2D eigenvalue weighted by Gasteiger charge is 2.36. The molecule has 2 heteroatoms. The van der Waals surface area contributed by atoms with Crippen LogP contribution in [0.4, 0.5) is 0 Å². The van der Waals surface area contributed by atoms with Gasteiger partial charge in [0.1, 0.15) is 0 Å². The minimum atomic E-state index is -0.0587. The molecule has 2 rings (SSSR count). The van der Waals surface area contributed by atoms with Crippen molar-refractivity contribution < 1.29 is 9.53 Å². The Bertz CT molecular complexity index is 220. The Morgan fingerprint density at radius 1 is 1.42 bits per heavy atom. The summed E-state index contributed by atoms with van der Waals surface area (Å²) >= 11 is 0. The van der Waals surface area contributed by atoms with E-state index < -0.39 is 0 Å². The number of carbonyl (C=O) groups excluding carboxylic acids is 1. The third-order valence-corrected chi connectivity index (χ3v) is 3.09. The molecule has 2 aliphatic carbocycles. The molecule has 0 amide bonds. The van der Waals surface area contributed by atoms with E-state index in [4.69, 9.17) is 4.74 Å². The van der Waals surface area contributed by atoms with Gasteiger partial charge in [0, 0.05) is 0 Å². The fourth-order valence-corrected chi connectivity index (χ4v) is 2.39. The molecule has 0 radical (unpaired) electrons. The van der Waals surface area contributed by atoms with E-state index in [1.807, 2.05) is 6.08 Å². The maximum atomic E-state index is 11.3. The van der Waals surface area contributed by atoms with Crippen molar-refractivity contribution in [1.82, 2.24) is 0 Å². The highest BCUT2D eigenvalue weighted by atomic mass is 16.5. The highest BCUT2D eigenvalue weighted by molar-refractivity contribution is 5.75. The predicted molar refractivity (Wildman–Crippen MR) is 45.5 cm³/mol. The van der Waals surface area contributed by atoms with Gasteiger partial charge in [-0.1, -0.05) is 12.2 Å². The normalized spacial score (nSPS) is 38.2. The monoisotopic (exact) mass is 166 g/mol. The Balaban J connectivity index is 2.12. The summed E-state index contributed by atoms with van der Waals surface area (Å²) in [4.78, 5) is 11.3. The first-order valence-electron chi connectivity index (χ1n) is 4.57. The minimum Gasteiger partial charge on any atom is -0.469 e. The molecule has 1 fully saturated rings. The van der Waals surface area contributed by atoms with Crippen molar-refractivity contribution in [1.29, 1.82) is 0 Å². The second-order valence-electron chi connectivity index (χ2n) is 3.77. The van der Waals surface area contributed by atoms with E-state index >= 15 is 0 Å². The summed E-state index contributed by atoms with van der Waals surface area (Å²) in [5.74, 6) is 1.30. The molecule has 0 N–H and O–H groups in total. The smallest absolute Gasteiger partial charge is 0.312 e. The molecule has 0 aromatic heterocycles. The lowest BCUT2D eigenvalue weighted by Gasteiger charge is -2.21. The molecule has 0 spiro atoms. The molecule has 0 aliphatic heterocycles. The van der Waals surface area contributed by atoms with Gasteiger partial charge in [-0.2, -0.15) is 0 Å². The van der Waals surface area contributed by atoms with Crippen molar-refractivity contribution >= 4 is 5.97 Å². The minimum absolute atomic E-state index is 0.0498. The van der Waals surface area contributed by atoms with Crippen LogP contribution in [0.5, 0.6) is 0 Å². The molecule has 0 aromatic rings. The number of ether oxygens (including phenoxy) is 1. The molecule has 66 valence electrons. The van der Waals surface area contributed by atoms with Crippen molar-refractivity contribution in [3.63, 3.8) is 0 Å². The summed E-state index contributed by atoms with van der Waals surface area (Å²) in [6, 6.07) is 0. The van der Waals surface area contributed by atoms with Gasteiger partial charge >= 0.3 is 5.97 Å². The Labute approximate surface area is 72.6 Å². The maximum Gasteiger partial charge on any atom is 0.312 e. The Morgan fingerprint density at radius 3 is 3.00 bits per heavy atom. The zero-order valence-electron chi connectivity index (χ0n) is 7.32. The molecule has 3 unspecified atom stereocenters. The second kappa shape index (κ2) is 2.92. The largest absolute Gasteiger partial charge is 0.469 e. The average Bonchev–Trinajstić information content (AvgIpc) is 2.47. The molecule has 2 nitrogen and oxygen atoms in total. The number of hydrogen-bond donors (Lipinski definition) is 0. The summed E-state index contributed by atoms with van der Waals surface area (Å²) in [6.45, 7) is 0. The van der Waals surface area contributed by atoms with Crippen LogP contribution >= 0.6 is 0 Å². The number of fused-ring (bicyclic) bond motifs is 2. The van der Waals surface area contributed by atoms with Crippen molar-refractivity contribution in [3.8, 4) is 0 Å². The Kier molecular flexibility index (Phi) is 1.91. The van der Waals surface area contributed by atoms with Gasteiger partial charge in [-0.25, -0.2) is 0 Å². The number of allylic oxidation sites excluding steroid dienone is 1. The van der Waals surface area contributed by atoms with Crippen LogP contribution in [0.1, 0.15) is 19.3 Å². The van der Waals surface area contributed by atoms with Crippen LogP contribution in [0.15, 0.2) is 12.2 Å². The molecule has 3 atom stereocenters. The van der Waals surface area contributed by atoms with Crippen LogP contribution in [0.3, 0.4) is 0 Å². The van der Waals surface area contributed by atoms with Crippen LogP contribution < -0.4 is 0 Å². The molecule has 1 saturated carbocycles. The van der Waals surface area contributed by atoms with Gasteiger partial charge in [-0.05, 0) is 31.1 Å². The fraction of sp³-hybridized carbons (Fsp3) is 0.700. The van der Waals surface area contributed by atoms with Crippen molar-refractivity contribution in [2.75, 3.05) is 7.11 Å². The van der Waals surface area contributed by atoms with Gasteiger partial charge in [-0.3, -0.25) is 4.79 Å². The van der Waals surface area contributed by atoms with Gasteiger partial charge in [-0.15, -0.1) is 0 Å². The van der Waals surface area contributed by atoms with Crippen LogP contribution in [0, 0.1) is 17.8 Å². The first kappa shape index (κ1) is 7.84. The van der Waals surface area contributed by atoms with Gasteiger partial charge in [0.25, 0.3) is 0 Å². The lowest BCUT2D eigenvalue weighted by Crippen LogP contribution is -2.23. The average molecular weight is 166 g/mol. The van der Waals surface area contributed by atoms with Crippen molar-refractivity contribution in [2.45, 2.75) is 19.3 Å². The predicted octanol–water partition coefficient (Wildman–Crippen LogP) is 1.76. The standard InChI is InChI=1S/C10H14O2/c1-12-10(11)9-5-3-7-2-4-8(9)6-7/h3,5,7-9H,2,4,6H2,1H3. The molecule has 0 heterocycles. The Morgan fingerprint density at radius 2 is 2.25 bits per heavy atom. The summed E-state index contributed by atoms with van der Waals surface area (Å²) < 4.78 is 4.75. The van der Waals surface area contributed by atoms with Gasteiger partial charge < -0.3 is 4.74 Å². The molecule has 0 aromatic carbocycles. The van der Waals surface area contributed by atoms with Gasteiger partial charge in [0.2, 0.25) is 0 Å². The third kappa shape index (κ3) is 1.15. The van der Waals surface area contributed by atoms with Crippen molar-refractivity contribution in [3.05, 3.63) is 12.2 Å². The molecule has 2 aliphatic rings. The third-order valence-electron chi connectivity index (χ3n) is 3.09. The maximum absolute atomic E-state index is 11.3. The number of hydrogen-bond acceptors (Lipinski definition) is 2. The quantitative estimate of drug-likeness (QED) is 0.438. The molecular weight excluding hydrogens is 152 g/mol. The van der Waals surface area contributed by atoms with Crippen LogP contribution in [0.2, 0.25) is 0 Å². The van der Waals surface area contributed by atoms with Crippen molar-refractivity contribution in [2.24, 2.45) is 17.8 Å². The first-order valence-corrected chi connectivity index (χ1v) is 4.57. The van der Waals surface area contributed by atoms with Gasteiger partial charge in [0.15, 0.2) is 0 Å². The first-order chi connectivity index (χ1) is 5.81. The van der Waals surface area contributed by atoms with E-state index in [1.165, 1.54) is 26.4 Å². The second-order valence-corrected chi connectivity index (χ2v) is 3.77. The zero-order valence-corrected chi connectivity index (χ0v) is 7.32. The van der Waals surface area contributed by atoms with Crippen LogP contribution in [-0.2, 0) is 9.53 Å². The molecule has 0 saturated heterocycles. The van der Waals surface area contributed by atoms with E-state index in [-0.39, 0.29) is 11.9 Å².